The monoisotopic (exact) mass is 447 g/mol. The molecule has 1 aliphatic heterocycles. The predicted octanol–water partition coefficient (Wildman–Crippen LogP) is 5.18. The number of hydrogen-bond acceptors (Lipinski definition) is 5. The lowest BCUT2D eigenvalue weighted by Gasteiger charge is -2.38. The molecule has 1 aromatic carbocycles. The maximum Gasteiger partial charge on any atom is 0.129 e. The Labute approximate surface area is 197 Å². The molecule has 1 atom stereocenters. The second-order valence-electron chi connectivity index (χ2n) is 9.72. The highest BCUT2D eigenvalue weighted by Gasteiger charge is 2.34. The molecule has 4 rings (SSSR count). The van der Waals surface area contributed by atoms with Gasteiger partial charge in [-0.3, -0.25) is 4.68 Å². The van der Waals surface area contributed by atoms with Crippen LogP contribution in [0.25, 0.3) is 0 Å². The first kappa shape index (κ1) is 23.4. The third-order valence-electron chi connectivity index (χ3n) is 7.27. The molecule has 0 saturated carbocycles. The lowest BCUT2D eigenvalue weighted by molar-refractivity contribution is 0.0543. The Hall–Kier alpha value is -2.73. The van der Waals surface area contributed by atoms with Crippen molar-refractivity contribution in [1.29, 1.82) is 0 Å². The molecule has 0 bridgehead atoms. The molecule has 0 spiro atoms. The van der Waals surface area contributed by atoms with Crippen LogP contribution in [0.2, 0.25) is 0 Å². The van der Waals surface area contributed by atoms with Crippen molar-refractivity contribution in [3.8, 4) is 0 Å². The average Bonchev–Trinajstić information content (AvgIpc) is 3.05. The molecule has 1 saturated heterocycles. The minimum Gasteiger partial charge on any atom is -0.381 e. The van der Waals surface area contributed by atoms with Gasteiger partial charge in [-0.05, 0) is 58.6 Å². The van der Waals surface area contributed by atoms with E-state index in [2.05, 4.69) is 74.9 Å². The van der Waals surface area contributed by atoms with E-state index in [4.69, 9.17) is 19.8 Å². The summed E-state index contributed by atoms with van der Waals surface area (Å²) in [6, 6.07) is 11.1. The highest BCUT2D eigenvalue weighted by Crippen LogP contribution is 2.35. The fourth-order valence-corrected chi connectivity index (χ4v) is 4.75. The first-order chi connectivity index (χ1) is 15.8. The third-order valence-corrected chi connectivity index (χ3v) is 7.27. The van der Waals surface area contributed by atoms with Crippen LogP contribution in [0.3, 0.4) is 0 Å². The van der Waals surface area contributed by atoms with E-state index in [9.17, 15) is 0 Å². The van der Waals surface area contributed by atoms with Gasteiger partial charge in [-0.15, -0.1) is 0 Å². The zero-order valence-electron chi connectivity index (χ0n) is 20.9. The molecular weight excluding hydrogens is 410 g/mol. The zero-order valence-corrected chi connectivity index (χ0v) is 20.9. The van der Waals surface area contributed by atoms with E-state index in [0.717, 1.165) is 62.2 Å². The second kappa shape index (κ2) is 9.64. The summed E-state index contributed by atoms with van der Waals surface area (Å²) >= 11 is 0. The SMILES string of the molecule is Cc1ccc(C2(CNc3cc(C(C)Cn4nc(C)c(C)c4C)nc(C)n3)CCOCC2)cc1. The fraction of sp³-hybridized carbons (Fsp3) is 0.519. The highest BCUT2D eigenvalue weighted by atomic mass is 16.5. The maximum atomic E-state index is 5.71. The number of rotatable bonds is 7. The summed E-state index contributed by atoms with van der Waals surface area (Å²) in [5.74, 6) is 1.92. The zero-order chi connectivity index (χ0) is 23.6. The Morgan fingerprint density at radius 3 is 2.36 bits per heavy atom. The summed E-state index contributed by atoms with van der Waals surface area (Å²) in [4.78, 5) is 9.46. The number of aromatic nitrogens is 4. The van der Waals surface area contributed by atoms with Crippen molar-refractivity contribution in [2.75, 3.05) is 25.1 Å². The molecule has 0 aliphatic carbocycles. The molecule has 1 N–H and O–H groups in total. The van der Waals surface area contributed by atoms with Gasteiger partial charge in [-0.2, -0.15) is 5.10 Å². The number of aryl methyl sites for hydroxylation is 3. The number of ether oxygens (including phenoxy) is 1. The molecule has 176 valence electrons. The van der Waals surface area contributed by atoms with Gasteiger partial charge in [0.15, 0.2) is 0 Å². The molecule has 0 radical (unpaired) electrons. The summed E-state index contributed by atoms with van der Waals surface area (Å²) in [7, 11) is 0. The van der Waals surface area contributed by atoms with Gasteiger partial charge in [0, 0.05) is 49.4 Å². The van der Waals surface area contributed by atoms with E-state index >= 15 is 0 Å². The van der Waals surface area contributed by atoms with Crippen molar-refractivity contribution in [1.82, 2.24) is 19.7 Å². The van der Waals surface area contributed by atoms with Crippen molar-refractivity contribution >= 4 is 5.82 Å². The van der Waals surface area contributed by atoms with Crippen molar-refractivity contribution < 1.29 is 4.74 Å². The van der Waals surface area contributed by atoms with E-state index in [0.29, 0.717) is 0 Å². The van der Waals surface area contributed by atoms with Gasteiger partial charge in [0.2, 0.25) is 0 Å². The Morgan fingerprint density at radius 1 is 1.03 bits per heavy atom. The summed E-state index contributed by atoms with van der Waals surface area (Å²) in [5, 5.41) is 8.38. The Kier molecular flexibility index (Phi) is 6.84. The normalized spacial score (nSPS) is 16.5. The van der Waals surface area contributed by atoms with Crippen molar-refractivity contribution in [2.24, 2.45) is 0 Å². The van der Waals surface area contributed by atoms with Gasteiger partial charge in [-0.25, -0.2) is 9.97 Å². The van der Waals surface area contributed by atoms with Crippen molar-refractivity contribution in [2.45, 2.75) is 72.3 Å². The molecule has 6 heteroatoms. The lowest BCUT2D eigenvalue weighted by atomic mass is 9.74. The predicted molar refractivity (Wildman–Crippen MR) is 133 cm³/mol. The van der Waals surface area contributed by atoms with Crippen LogP contribution in [-0.4, -0.2) is 39.5 Å². The topological polar surface area (TPSA) is 64.9 Å². The highest BCUT2D eigenvalue weighted by molar-refractivity contribution is 5.40. The van der Waals surface area contributed by atoms with E-state index in [1.165, 1.54) is 22.4 Å². The number of hydrogen-bond donors (Lipinski definition) is 1. The Bertz CT molecular complexity index is 1100. The van der Waals surface area contributed by atoms with Crippen molar-refractivity contribution in [3.05, 3.63) is 69.9 Å². The van der Waals surface area contributed by atoms with Crippen molar-refractivity contribution in [3.63, 3.8) is 0 Å². The van der Waals surface area contributed by atoms with Crippen LogP contribution in [0.4, 0.5) is 5.82 Å². The number of nitrogens with zero attached hydrogens (tertiary/aromatic N) is 4. The summed E-state index contributed by atoms with van der Waals surface area (Å²) in [6.07, 6.45) is 2.02. The lowest BCUT2D eigenvalue weighted by Crippen LogP contribution is -2.40. The van der Waals surface area contributed by atoms with Crippen LogP contribution >= 0.6 is 0 Å². The largest absolute Gasteiger partial charge is 0.381 e. The Balaban J connectivity index is 1.53. The molecule has 0 amide bonds. The van der Waals surface area contributed by atoms with Gasteiger partial charge >= 0.3 is 0 Å². The summed E-state index contributed by atoms with van der Waals surface area (Å²) < 4.78 is 7.81. The minimum absolute atomic E-state index is 0.0534. The van der Waals surface area contributed by atoms with Gasteiger partial charge in [-0.1, -0.05) is 36.8 Å². The van der Waals surface area contributed by atoms with E-state index < -0.39 is 0 Å². The van der Waals surface area contributed by atoms with E-state index in [-0.39, 0.29) is 11.3 Å². The van der Waals surface area contributed by atoms with E-state index in [1.54, 1.807) is 0 Å². The van der Waals surface area contributed by atoms with E-state index in [1.807, 2.05) is 6.92 Å². The fourth-order valence-electron chi connectivity index (χ4n) is 4.75. The molecule has 1 unspecified atom stereocenters. The molecule has 33 heavy (non-hydrogen) atoms. The van der Waals surface area contributed by atoms with Gasteiger partial charge < -0.3 is 10.1 Å². The molecule has 2 aromatic heterocycles. The third kappa shape index (κ3) is 5.11. The first-order valence-corrected chi connectivity index (χ1v) is 12.0. The van der Waals surface area contributed by atoms with Gasteiger partial charge in [0.25, 0.3) is 0 Å². The van der Waals surface area contributed by atoms with Crippen LogP contribution in [-0.2, 0) is 16.7 Å². The molecular formula is C27H37N5O. The Morgan fingerprint density at radius 2 is 1.73 bits per heavy atom. The van der Waals surface area contributed by atoms with Gasteiger partial charge in [0.1, 0.15) is 11.6 Å². The maximum absolute atomic E-state index is 5.71. The van der Waals surface area contributed by atoms with Crippen LogP contribution in [0, 0.1) is 34.6 Å². The van der Waals surface area contributed by atoms with Gasteiger partial charge in [0.05, 0.1) is 11.4 Å². The molecule has 1 fully saturated rings. The molecule has 3 heterocycles. The number of anilines is 1. The van der Waals surface area contributed by atoms with Crippen LogP contribution in [0.15, 0.2) is 30.3 Å². The number of benzene rings is 1. The van der Waals surface area contributed by atoms with Crippen LogP contribution in [0.5, 0.6) is 0 Å². The summed E-state index contributed by atoms with van der Waals surface area (Å²) in [5.41, 5.74) is 7.35. The minimum atomic E-state index is 0.0534. The summed E-state index contributed by atoms with van der Waals surface area (Å²) in [6.45, 7) is 15.9. The molecule has 1 aliphatic rings. The second-order valence-corrected chi connectivity index (χ2v) is 9.72. The quantitative estimate of drug-likeness (QED) is 0.541. The molecule has 6 nitrogen and oxygen atoms in total. The standard InChI is InChI=1S/C27H37N5O/c1-18-7-9-24(10-8-18)27(11-13-33-14-12-27)17-28-26-15-25(29-23(6)30-26)19(2)16-32-22(5)20(3)21(4)31-32/h7-10,15,19H,11-14,16-17H2,1-6H3,(H,28,29,30). The average molecular weight is 448 g/mol. The van der Waals surface area contributed by atoms with Crippen LogP contribution < -0.4 is 5.32 Å². The molecule has 3 aromatic rings. The smallest absolute Gasteiger partial charge is 0.129 e. The first-order valence-electron chi connectivity index (χ1n) is 12.0. The number of nitrogens with one attached hydrogen (secondary N) is 1. The van der Waals surface area contributed by atoms with Crippen LogP contribution in [0.1, 0.15) is 65.3 Å².